The fourth-order valence-corrected chi connectivity index (χ4v) is 6.48. The number of nitrogens with one attached hydrogen (secondary N) is 2. The molecular formula is C28H35F6N7O2S. The Morgan fingerprint density at radius 1 is 1.05 bits per heavy atom. The predicted molar refractivity (Wildman–Crippen MR) is 152 cm³/mol. The Hall–Kier alpha value is -3.24. The highest BCUT2D eigenvalue weighted by Gasteiger charge is 2.37. The molecule has 3 heterocycles. The normalized spacial score (nSPS) is 15.9. The molecule has 9 nitrogen and oxygen atoms in total. The van der Waals surface area contributed by atoms with Crippen LogP contribution >= 0.6 is 0 Å². The maximum atomic E-state index is 13.7. The first kappa shape index (κ1) is 33.6. The highest BCUT2D eigenvalue weighted by Crippen LogP contribution is 2.36. The van der Waals surface area contributed by atoms with Crippen molar-refractivity contribution in [2.75, 3.05) is 31.5 Å². The first-order valence-electron chi connectivity index (χ1n) is 14.1. The van der Waals surface area contributed by atoms with Gasteiger partial charge in [-0.25, -0.2) is 18.4 Å². The molecule has 44 heavy (non-hydrogen) atoms. The number of rotatable bonds is 11. The van der Waals surface area contributed by atoms with Gasteiger partial charge in [-0.05, 0) is 43.5 Å². The minimum atomic E-state index is -4.86. The number of piperidine rings is 1. The Bertz CT molecular complexity index is 1530. The number of nitrogens with zero attached hydrogens (tertiary/aromatic N) is 5. The van der Waals surface area contributed by atoms with E-state index in [0.29, 0.717) is 30.3 Å². The van der Waals surface area contributed by atoms with Crippen LogP contribution < -0.4 is 10.6 Å². The number of hydrogen-bond donors (Lipinski definition) is 2. The molecule has 0 spiro atoms. The molecule has 2 N–H and O–H groups in total. The van der Waals surface area contributed by atoms with Crippen molar-refractivity contribution in [2.24, 2.45) is 0 Å². The lowest BCUT2D eigenvalue weighted by Gasteiger charge is -2.32. The minimum Gasteiger partial charge on any atom is -0.351 e. The second kappa shape index (κ2) is 13.0. The minimum absolute atomic E-state index is 0.156. The van der Waals surface area contributed by atoms with Crippen molar-refractivity contribution in [1.82, 2.24) is 29.4 Å². The van der Waals surface area contributed by atoms with Gasteiger partial charge >= 0.3 is 12.4 Å². The first-order valence-corrected chi connectivity index (χ1v) is 15.6. The Morgan fingerprint density at radius 2 is 1.75 bits per heavy atom. The molecule has 1 saturated heterocycles. The van der Waals surface area contributed by atoms with Crippen LogP contribution in [0.3, 0.4) is 0 Å². The van der Waals surface area contributed by atoms with Gasteiger partial charge in [-0.3, -0.25) is 4.68 Å². The molecule has 4 rings (SSSR count). The van der Waals surface area contributed by atoms with E-state index in [1.165, 1.54) is 4.31 Å². The van der Waals surface area contributed by atoms with E-state index in [2.05, 4.69) is 32.6 Å². The van der Waals surface area contributed by atoms with Crippen molar-refractivity contribution in [1.29, 1.82) is 0 Å². The number of hydrogen-bond acceptors (Lipinski definition) is 7. The quantitative estimate of drug-likeness (QED) is 0.210. The molecule has 2 aromatic heterocycles. The second-order valence-corrected chi connectivity index (χ2v) is 13.3. The van der Waals surface area contributed by atoms with Gasteiger partial charge in [0.15, 0.2) is 0 Å². The number of benzene rings is 1. The van der Waals surface area contributed by atoms with Crippen molar-refractivity contribution in [2.45, 2.75) is 75.3 Å². The summed E-state index contributed by atoms with van der Waals surface area (Å²) in [6, 6.07) is 6.54. The fourth-order valence-electron chi connectivity index (χ4n) is 4.96. The van der Waals surface area contributed by atoms with Gasteiger partial charge in [0.1, 0.15) is 12.1 Å². The van der Waals surface area contributed by atoms with E-state index in [4.69, 9.17) is 0 Å². The highest BCUT2D eigenvalue weighted by atomic mass is 32.2. The van der Waals surface area contributed by atoms with Gasteiger partial charge in [-0.1, -0.05) is 32.9 Å². The van der Waals surface area contributed by atoms with E-state index in [-0.39, 0.29) is 41.0 Å². The van der Waals surface area contributed by atoms with E-state index < -0.39 is 40.2 Å². The van der Waals surface area contributed by atoms with Crippen LogP contribution in [0.1, 0.15) is 51.2 Å². The second-order valence-electron chi connectivity index (χ2n) is 11.4. The fraction of sp³-hybridized carbons (Fsp3) is 0.536. The number of alkyl halides is 6. The molecule has 1 aliphatic rings. The molecule has 1 fully saturated rings. The molecule has 0 radical (unpaired) electrons. The molecule has 0 unspecified atom stereocenters. The van der Waals surface area contributed by atoms with Gasteiger partial charge in [-0.2, -0.15) is 35.7 Å². The average molecular weight is 648 g/mol. The van der Waals surface area contributed by atoms with Crippen LogP contribution in [0, 0.1) is 0 Å². The molecular weight excluding hydrogens is 612 g/mol. The third kappa shape index (κ3) is 8.27. The molecule has 3 aromatic rings. The number of anilines is 1. The van der Waals surface area contributed by atoms with Crippen LogP contribution in [0.5, 0.6) is 0 Å². The summed E-state index contributed by atoms with van der Waals surface area (Å²) in [7, 11) is -3.80. The van der Waals surface area contributed by atoms with Gasteiger partial charge in [0.2, 0.25) is 16.0 Å². The summed E-state index contributed by atoms with van der Waals surface area (Å²) in [5.74, 6) is -0.163. The van der Waals surface area contributed by atoms with Crippen LogP contribution in [0.4, 0.5) is 32.3 Å². The van der Waals surface area contributed by atoms with Gasteiger partial charge < -0.3 is 10.6 Å². The van der Waals surface area contributed by atoms with Crippen LogP contribution in [0.2, 0.25) is 0 Å². The summed E-state index contributed by atoms with van der Waals surface area (Å²) in [6.45, 7) is 6.54. The standard InChI is InChI=1S/C28H35F6N7O2S/c1-4-10-35-17-26(2,3)20-6-5-7-22(13-20)44(42,43)41-11-8-21(9-12-41)38-25-36-15-23(28(32,33)34)24(39-25)19-14-37-40(16-19)18-27(29,30)31/h5-7,13-16,21,35H,4,8-12,17-18H2,1-3H3,(H,36,38,39). The van der Waals surface area contributed by atoms with E-state index in [1.807, 2.05) is 19.9 Å². The monoisotopic (exact) mass is 647 g/mol. The van der Waals surface area contributed by atoms with Crippen molar-refractivity contribution in [3.63, 3.8) is 0 Å². The molecule has 0 aliphatic carbocycles. The lowest BCUT2D eigenvalue weighted by Crippen LogP contribution is -2.42. The summed E-state index contributed by atoms with van der Waals surface area (Å²) < 4.78 is 108. The largest absolute Gasteiger partial charge is 0.419 e. The molecule has 242 valence electrons. The lowest BCUT2D eigenvalue weighted by molar-refractivity contribution is -0.142. The first-order chi connectivity index (χ1) is 20.5. The van der Waals surface area contributed by atoms with Gasteiger partial charge in [0.25, 0.3) is 0 Å². The Kier molecular flexibility index (Phi) is 9.95. The average Bonchev–Trinajstić information content (AvgIpc) is 3.40. The lowest BCUT2D eigenvalue weighted by atomic mass is 9.84. The van der Waals surface area contributed by atoms with Crippen molar-refractivity contribution in [3.8, 4) is 11.3 Å². The molecule has 0 atom stereocenters. The van der Waals surface area contributed by atoms with Crippen molar-refractivity contribution >= 4 is 16.0 Å². The summed E-state index contributed by atoms with van der Waals surface area (Å²) in [5, 5.41) is 9.85. The summed E-state index contributed by atoms with van der Waals surface area (Å²) >= 11 is 0. The van der Waals surface area contributed by atoms with E-state index in [9.17, 15) is 34.8 Å². The van der Waals surface area contributed by atoms with E-state index in [1.54, 1.807) is 18.2 Å². The zero-order valence-electron chi connectivity index (χ0n) is 24.5. The zero-order chi connectivity index (χ0) is 32.3. The zero-order valence-corrected chi connectivity index (χ0v) is 25.3. The van der Waals surface area contributed by atoms with Gasteiger partial charge in [-0.15, -0.1) is 0 Å². The number of aromatic nitrogens is 4. The maximum absolute atomic E-state index is 13.7. The third-order valence-electron chi connectivity index (χ3n) is 7.38. The summed E-state index contributed by atoms with van der Waals surface area (Å²) in [4.78, 5) is 7.94. The Morgan fingerprint density at radius 3 is 2.39 bits per heavy atom. The number of sulfonamides is 1. The Labute approximate surface area is 252 Å². The smallest absolute Gasteiger partial charge is 0.351 e. The molecule has 0 saturated carbocycles. The molecule has 1 aliphatic heterocycles. The predicted octanol–water partition coefficient (Wildman–Crippen LogP) is 5.46. The number of halogens is 6. The van der Waals surface area contributed by atoms with Gasteiger partial charge in [0, 0.05) is 49.0 Å². The third-order valence-corrected chi connectivity index (χ3v) is 9.27. The molecule has 16 heteroatoms. The van der Waals surface area contributed by atoms with E-state index >= 15 is 0 Å². The van der Waals surface area contributed by atoms with Gasteiger partial charge in [0.05, 0.1) is 16.8 Å². The van der Waals surface area contributed by atoms with E-state index in [0.717, 1.165) is 30.9 Å². The molecule has 1 aromatic carbocycles. The van der Waals surface area contributed by atoms with Crippen LogP contribution in [-0.4, -0.2) is 70.9 Å². The summed E-state index contributed by atoms with van der Waals surface area (Å²) in [6.07, 6.45) is -5.54. The highest BCUT2D eigenvalue weighted by molar-refractivity contribution is 7.89. The van der Waals surface area contributed by atoms with Crippen LogP contribution in [-0.2, 0) is 28.2 Å². The van der Waals surface area contributed by atoms with Crippen molar-refractivity contribution < 1.29 is 34.8 Å². The van der Waals surface area contributed by atoms with Crippen LogP contribution in [0.15, 0.2) is 47.8 Å². The SMILES string of the molecule is CCCNCC(C)(C)c1cccc(S(=O)(=O)N2CCC(Nc3ncc(C(F)(F)F)c(-c4cnn(CC(F)(F)F)c4)n3)CC2)c1. The topological polar surface area (TPSA) is 105 Å². The van der Waals surface area contributed by atoms with Crippen LogP contribution in [0.25, 0.3) is 11.3 Å². The van der Waals surface area contributed by atoms with Crippen molar-refractivity contribution in [3.05, 3.63) is 54.0 Å². The molecule has 0 amide bonds. The maximum Gasteiger partial charge on any atom is 0.419 e. The Balaban J connectivity index is 1.46. The molecule has 0 bridgehead atoms. The summed E-state index contributed by atoms with van der Waals surface area (Å²) in [5.41, 5.74) is -1.49.